The molecule has 2 rings (SSSR count). The molecule has 0 aliphatic carbocycles. The van der Waals surface area contributed by atoms with Crippen molar-refractivity contribution in [1.82, 2.24) is 5.32 Å². The Hall–Kier alpha value is -1.16. The second-order valence-electron chi connectivity index (χ2n) is 4.02. The van der Waals surface area contributed by atoms with Crippen LogP contribution in [0.4, 0.5) is 5.69 Å². The van der Waals surface area contributed by atoms with Gasteiger partial charge in [-0.25, -0.2) is 0 Å². The third-order valence-electron chi connectivity index (χ3n) is 2.75. The summed E-state index contributed by atoms with van der Waals surface area (Å²) in [5, 5.41) is 2.97. The Morgan fingerprint density at radius 3 is 2.81 bits per heavy atom. The van der Waals surface area contributed by atoms with Gasteiger partial charge in [0.05, 0.1) is 0 Å². The Morgan fingerprint density at radius 2 is 2.19 bits per heavy atom. The third-order valence-corrected chi connectivity index (χ3v) is 3.91. The van der Waals surface area contributed by atoms with Gasteiger partial charge in [0.25, 0.3) is 0 Å². The lowest BCUT2D eigenvalue weighted by Gasteiger charge is -2.09. The van der Waals surface area contributed by atoms with E-state index in [1.165, 1.54) is 0 Å². The van der Waals surface area contributed by atoms with Crippen LogP contribution in [0.3, 0.4) is 0 Å². The molecule has 1 aliphatic rings. The first-order valence-corrected chi connectivity index (χ1v) is 6.61. The smallest absolute Gasteiger partial charge is 0.224 e. The van der Waals surface area contributed by atoms with Crippen molar-refractivity contribution in [2.45, 2.75) is 13.0 Å². The van der Waals surface area contributed by atoms with E-state index >= 15 is 0 Å². The van der Waals surface area contributed by atoms with Gasteiger partial charge in [0, 0.05) is 23.9 Å². The van der Waals surface area contributed by atoms with E-state index in [1.54, 1.807) is 0 Å². The molecule has 1 aromatic rings. The number of nitrogen functional groups attached to an aromatic ring is 1. The van der Waals surface area contributed by atoms with Crippen LogP contribution in [-0.2, 0) is 11.3 Å². The van der Waals surface area contributed by atoms with Crippen molar-refractivity contribution in [2.24, 2.45) is 5.92 Å². The molecular formula is C12H16N2OS. The van der Waals surface area contributed by atoms with Crippen molar-refractivity contribution in [2.75, 3.05) is 17.2 Å². The SMILES string of the molecule is Nc1ccc(CNC(=O)C2CCSC2)cc1. The fourth-order valence-electron chi connectivity index (χ4n) is 1.71. The van der Waals surface area contributed by atoms with Crippen molar-refractivity contribution in [3.05, 3.63) is 29.8 Å². The first kappa shape index (κ1) is 11.3. The third kappa shape index (κ3) is 2.92. The van der Waals surface area contributed by atoms with E-state index in [2.05, 4.69) is 5.32 Å². The quantitative estimate of drug-likeness (QED) is 0.784. The predicted molar refractivity (Wildman–Crippen MR) is 68.1 cm³/mol. The Labute approximate surface area is 99.8 Å². The highest BCUT2D eigenvalue weighted by Gasteiger charge is 2.22. The number of benzene rings is 1. The molecule has 1 amide bonds. The van der Waals surface area contributed by atoms with E-state index in [0.29, 0.717) is 6.54 Å². The van der Waals surface area contributed by atoms with Gasteiger partial charge in [-0.05, 0) is 29.9 Å². The lowest BCUT2D eigenvalue weighted by molar-refractivity contribution is -0.124. The summed E-state index contributed by atoms with van der Waals surface area (Å²) in [5.41, 5.74) is 7.44. The number of carbonyl (C=O) groups excluding carboxylic acids is 1. The topological polar surface area (TPSA) is 55.1 Å². The number of nitrogens with one attached hydrogen (secondary N) is 1. The van der Waals surface area contributed by atoms with Crippen molar-refractivity contribution in [3.63, 3.8) is 0 Å². The number of hydrogen-bond donors (Lipinski definition) is 2. The minimum Gasteiger partial charge on any atom is -0.399 e. The van der Waals surface area contributed by atoms with Crippen molar-refractivity contribution < 1.29 is 4.79 Å². The van der Waals surface area contributed by atoms with Crippen LogP contribution in [-0.4, -0.2) is 17.4 Å². The van der Waals surface area contributed by atoms with Gasteiger partial charge in [0.15, 0.2) is 0 Å². The molecule has 1 aliphatic heterocycles. The zero-order valence-corrected chi connectivity index (χ0v) is 9.93. The van der Waals surface area contributed by atoms with E-state index in [4.69, 9.17) is 5.73 Å². The normalized spacial score (nSPS) is 19.6. The van der Waals surface area contributed by atoms with Gasteiger partial charge in [-0.3, -0.25) is 4.79 Å². The molecule has 4 heteroatoms. The zero-order valence-electron chi connectivity index (χ0n) is 9.11. The van der Waals surface area contributed by atoms with Gasteiger partial charge in [-0.2, -0.15) is 11.8 Å². The standard InChI is InChI=1S/C12H16N2OS/c13-11-3-1-9(2-4-11)7-14-12(15)10-5-6-16-8-10/h1-4,10H,5-8,13H2,(H,14,15). The maximum absolute atomic E-state index is 11.7. The maximum Gasteiger partial charge on any atom is 0.224 e. The average Bonchev–Trinajstić information content (AvgIpc) is 2.81. The molecule has 0 saturated carbocycles. The number of amides is 1. The molecule has 1 fully saturated rings. The van der Waals surface area contributed by atoms with Crippen molar-refractivity contribution >= 4 is 23.4 Å². The fraction of sp³-hybridized carbons (Fsp3) is 0.417. The van der Waals surface area contributed by atoms with E-state index < -0.39 is 0 Å². The van der Waals surface area contributed by atoms with E-state index in [9.17, 15) is 4.79 Å². The molecular weight excluding hydrogens is 220 g/mol. The highest BCUT2D eigenvalue weighted by molar-refractivity contribution is 7.99. The van der Waals surface area contributed by atoms with Gasteiger partial charge in [-0.15, -0.1) is 0 Å². The number of nitrogens with two attached hydrogens (primary N) is 1. The second-order valence-corrected chi connectivity index (χ2v) is 5.17. The average molecular weight is 236 g/mol. The lowest BCUT2D eigenvalue weighted by Crippen LogP contribution is -2.30. The second kappa shape index (κ2) is 5.25. The Bertz CT molecular complexity index is 358. The lowest BCUT2D eigenvalue weighted by atomic mass is 10.1. The number of hydrogen-bond acceptors (Lipinski definition) is 3. The Morgan fingerprint density at radius 1 is 1.44 bits per heavy atom. The van der Waals surface area contributed by atoms with Crippen LogP contribution in [0.5, 0.6) is 0 Å². The van der Waals surface area contributed by atoms with Crippen LogP contribution in [0.25, 0.3) is 0 Å². The van der Waals surface area contributed by atoms with Crippen LogP contribution < -0.4 is 11.1 Å². The Balaban J connectivity index is 1.82. The molecule has 1 unspecified atom stereocenters. The predicted octanol–water partition coefficient (Wildman–Crippen LogP) is 1.64. The van der Waals surface area contributed by atoms with Crippen LogP contribution >= 0.6 is 11.8 Å². The highest BCUT2D eigenvalue weighted by Crippen LogP contribution is 2.23. The molecule has 0 radical (unpaired) electrons. The van der Waals surface area contributed by atoms with Gasteiger partial charge in [0.1, 0.15) is 0 Å². The fourth-order valence-corrected chi connectivity index (χ4v) is 2.93. The van der Waals surface area contributed by atoms with E-state index in [0.717, 1.165) is 29.2 Å². The number of thioether (sulfide) groups is 1. The van der Waals surface area contributed by atoms with Gasteiger partial charge < -0.3 is 11.1 Å². The summed E-state index contributed by atoms with van der Waals surface area (Å²) in [5.74, 6) is 2.47. The Kier molecular flexibility index (Phi) is 3.72. The van der Waals surface area contributed by atoms with Gasteiger partial charge in [0.2, 0.25) is 5.91 Å². The summed E-state index contributed by atoms with van der Waals surface area (Å²) in [4.78, 5) is 11.7. The molecule has 16 heavy (non-hydrogen) atoms. The van der Waals surface area contributed by atoms with E-state index in [1.807, 2.05) is 36.0 Å². The molecule has 3 nitrogen and oxygen atoms in total. The first-order chi connectivity index (χ1) is 7.75. The summed E-state index contributed by atoms with van der Waals surface area (Å²) in [6.07, 6.45) is 1.01. The zero-order chi connectivity index (χ0) is 11.4. The van der Waals surface area contributed by atoms with E-state index in [-0.39, 0.29) is 11.8 Å². The van der Waals surface area contributed by atoms with Gasteiger partial charge in [-0.1, -0.05) is 12.1 Å². The monoisotopic (exact) mass is 236 g/mol. The minimum atomic E-state index is 0.182. The molecule has 1 heterocycles. The largest absolute Gasteiger partial charge is 0.399 e. The number of anilines is 1. The molecule has 86 valence electrons. The number of rotatable bonds is 3. The van der Waals surface area contributed by atoms with Gasteiger partial charge >= 0.3 is 0 Å². The molecule has 1 saturated heterocycles. The van der Waals surface area contributed by atoms with Crippen molar-refractivity contribution in [1.29, 1.82) is 0 Å². The first-order valence-electron chi connectivity index (χ1n) is 5.45. The minimum absolute atomic E-state index is 0.182. The van der Waals surface area contributed by atoms with Crippen LogP contribution in [0.15, 0.2) is 24.3 Å². The summed E-state index contributed by atoms with van der Waals surface area (Å²) >= 11 is 1.86. The van der Waals surface area contributed by atoms with Crippen LogP contribution in [0.1, 0.15) is 12.0 Å². The number of carbonyl (C=O) groups is 1. The van der Waals surface area contributed by atoms with Crippen molar-refractivity contribution in [3.8, 4) is 0 Å². The molecule has 0 bridgehead atoms. The summed E-state index contributed by atoms with van der Waals surface area (Å²) < 4.78 is 0. The van der Waals surface area contributed by atoms with Crippen LogP contribution in [0, 0.1) is 5.92 Å². The molecule has 0 spiro atoms. The maximum atomic E-state index is 11.7. The summed E-state index contributed by atoms with van der Waals surface area (Å²) in [6.45, 7) is 0.597. The summed E-state index contributed by atoms with van der Waals surface area (Å²) in [6, 6.07) is 7.60. The summed E-state index contributed by atoms with van der Waals surface area (Å²) in [7, 11) is 0. The molecule has 3 N–H and O–H groups in total. The highest BCUT2D eigenvalue weighted by atomic mass is 32.2. The molecule has 1 atom stereocenters. The van der Waals surface area contributed by atoms with Crippen LogP contribution in [0.2, 0.25) is 0 Å². The molecule has 1 aromatic carbocycles. The molecule has 0 aromatic heterocycles.